The van der Waals surface area contributed by atoms with Crippen LogP contribution in [0.2, 0.25) is 0 Å². The second-order valence-corrected chi connectivity index (χ2v) is 5.53. The second kappa shape index (κ2) is 8.60. The van der Waals surface area contributed by atoms with E-state index < -0.39 is 23.4 Å². The highest BCUT2D eigenvalue weighted by Crippen LogP contribution is 2.27. The minimum absolute atomic E-state index is 0.00808. The van der Waals surface area contributed by atoms with Gasteiger partial charge in [0.25, 0.3) is 5.91 Å². The Morgan fingerprint density at radius 1 is 1.38 bits per heavy atom. The molecule has 0 radical (unpaired) electrons. The normalized spacial score (nSPS) is 10.3. The van der Waals surface area contributed by atoms with Gasteiger partial charge in [0.2, 0.25) is 0 Å². The molecule has 1 heterocycles. The zero-order chi connectivity index (χ0) is 19.1. The highest BCUT2D eigenvalue weighted by atomic mass is 16.6. The lowest BCUT2D eigenvalue weighted by atomic mass is 10.2. The molecule has 138 valence electrons. The van der Waals surface area contributed by atoms with Gasteiger partial charge < -0.3 is 20.0 Å². The fraction of sp³-hybridized carbons (Fsp3) is 0.312. The maximum absolute atomic E-state index is 11.9. The summed E-state index contributed by atoms with van der Waals surface area (Å²) in [4.78, 5) is 32.7. The van der Waals surface area contributed by atoms with Crippen molar-refractivity contribution in [1.82, 2.24) is 9.78 Å². The number of nitrogens with zero attached hydrogens (tertiary/aromatic N) is 3. The summed E-state index contributed by atoms with van der Waals surface area (Å²) >= 11 is 0. The van der Waals surface area contributed by atoms with Crippen molar-refractivity contribution in [3.8, 4) is 5.75 Å². The lowest BCUT2D eigenvalue weighted by molar-refractivity contribution is -0.385. The zero-order valence-electron chi connectivity index (χ0n) is 14.0. The fourth-order valence-electron chi connectivity index (χ4n) is 2.17. The number of anilines is 1. The first kappa shape index (κ1) is 18.9. The number of carboxylic acid groups (broad SMARTS) is 1. The summed E-state index contributed by atoms with van der Waals surface area (Å²) in [6.07, 6.45) is 3.23. The average Bonchev–Trinajstić information content (AvgIpc) is 3.00. The molecule has 0 unspecified atom stereocenters. The molecule has 1 aromatic heterocycles. The van der Waals surface area contributed by atoms with Crippen molar-refractivity contribution in [2.75, 3.05) is 11.9 Å². The Hall–Kier alpha value is -3.43. The summed E-state index contributed by atoms with van der Waals surface area (Å²) < 4.78 is 6.72. The van der Waals surface area contributed by atoms with Gasteiger partial charge >= 0.3 is 5.69 Å². The number of aliphatic carboxylic acids is 1. The van der Waals surface area contributed by atoms with Gasteiger partial charge in [-0.25, -0.2) is 0 Å². The number of ether oxygens (including phenoxy) is 1. The molecule has 0 aliphatic heterocycles. The molecule has 0 aliphatic rings. The molecule has 0 spiro atoms. The van der Waals surface area contributed by atoms with E-state index in [4.69, 9.17) is 4.74 Å². The SMILES string of the molecule is Cc1ccc(OCC(=O)Nc2cnn(CCCC(=O)[O-])c2)c([N+](=O)[O-])c1. The molecule has 1 N–H and O–H groups in total. The topological polar surface area (TPSA) is 139 Å². The average molecular weight is 361 g/mol. The number of carbonyl (C=O) groups is 2. The number of nitrogens with one attached hydrogen (secondary N) is 1. The van der Waals surface area contributed by atoms with Crippen LogP contribution in [0.3, 0.4) is 0 Å². The number of benzene rings is 1. The maximum atomic E-state index is 11.9. The van der Waals surface area contributed by atoms with Crippen LogP contribution in [-0.4, -0.2) is 33.2 Å². The molecule has 1 amide bonds. The first-order valence-electron chi connectivity index (χ1n) is 7.75. The van der Waals surface area contributed by atoms with Crippen molar-refractivity contribution in [2.45, 2.75) is 26.3 Å². The first-order valence-corrected chi connectivity index (χ1v) is 7.75. The third-order valence-electron chi connectivity index (χ3n) is 3.36. The standard InChI is InChI=1S/C16H18N4O6/c1-11-4-5-14(13(7-11)20(24)25)26-10-15(21)18-12-8-17-19(9-12)6-2-3-16(22)23/h4-5,7-9H,2-3,6,10H2,1H3,(H,18,21)(H,22,23)/p-1. The van der Waals surface area contributed by atoms with Gasteiger partial charge in [-0.05, 0) is 31.4 Å². The largest absolute Gasteiger partial charge is 0.550 e. The Morgan fingerprint density at radius 2 is 2.15 bits per heavy atom. The van der Waals surface area contributed by atoms with Crippen LogP contribution < -0.4 is 15.2 Å². The van der Waals surface area contributed by atoms with Crippen LogP contribution in [0.1, 0.15) is 18.4 Å². The predicted molar refractivity (Wildman–Crippen MR) is 88.4 cm³/mol. The third-order valence-corrected chi connectivity index (χ3v) is 3.36. The van der Waals surface area contributed by atoms with E-state index in [1.165, 1.54) is 23.0 Å². The molecule has 0 aliphatic carbocycles. The maximum Gasteiger partial charge on any atom is 0.311 e. The molecule has 2 aromatic rings. The van der Waals surface area contributed by atoms with Crippen LogP contribution in [0.25, 0.3) is 0 Å². The quantitative estimate of drug-likeness (QED) is 0.511. The smallest absolute Gasteiger partial charge is 0.311 e. The molecule has 1 aromatic carbocycles. The Balaban J connectivity index is 1.87. The number of aromatic nitrogens is 2. The summed E-state index contributed by atoms with van der Waals surface area (Å²) in [5.74, 6) is -1.63. The van der Waals surface area contributed by atoms with E-state index >= 15 is 0 Å². The van der Waals surface area contributed by atoms with Crippen molar-refractivity contribution in [3.63, 3.8) is 0 Å². The van der Waals surface area contributed by atoms with Gasteiger partial charge in [-0.15, -0.1) is 0 Å². The van der Waals surface area contributed by atoms with Gasteiger partial charge in [0.15, 0.2) is 12.4 Å². The van der Waals surface area contributed by atoms with Crippen molar-refractivity contribution < 1.29 is 24.4 Å². The number of hydrogen-bond acceptors (Lipinski definition) is 7. The van der Waals surface area contributed by atoms with Gasteiger partial charge in [-0.3, -0.25) is 19.6 Å². The van der Waals surface area contributed by atoms with E-state index in [2.05, 4.69) is 10.4 Å². The summed E-state index contributed by atoms with van der Waals surface area (Å²) in [5, 5.41) is 27.9. The summed E-state index contributed by atoms with van der Waals surface area (Å²) in [7, 11) is 0. The molecule has 26 heavy (non-hydrogen) atoms. The number of carbonyl (C=O) groups excluding carboxylic acids is 2. The summed E-state index contributed by atoms with van der Waals surface area (Å²) in [6.45, 7) is 1.68. The molecule has 0 bridgehead atoms. The van der Waals surface area contributed by atoms with Gasteiger partial charge in [0.05, 0.1) is 16.8 Å². The Labute approximate surface area is 148 Å². The van der Waals surface area contributed by atoms with Gasteiger partial charge in [-0.1, -0.05) is 6.07 Å². The highest BCUT2D eigenvalue weighted by Gasteiger charge is 2.16. The number of amides is 1. The van der Waals surface area contributed by atoms with Crippen LogP contribution >= 0.6 is 0 Å². The van der Waals surface area contributed by atoms with Crippen molar-refractivity contribution in [2.24, 2.45) is 0 Å². The van der Waals surface area contributed by atoms with Gasteiger partial charge in [0.1, 0.15) is 0 Å². The molecule has 10 nitrogen and oxygen atoms in total. The summed E-state index contributed by atoms with van der Waals surface area (Å²) in [6, 6.07) is 4.46. The van der Waals surface area contributed by atoms with Crippen LogP contribution in [0.5, 0.6) is 5.75 Å². The Morgan fingerprint density at radius 3 is 2.85 bits per heavy atom. The molecule has 0 saturated heterocycles. The number of carboxylic acids is 1. The fourth-order valence-corrected chi connectivity index (χ4v) is 2.17. The molecule has 0 fully saturated rings. The van der Waals surface area contributed by atoms with E-state index in [0.717, 1.165) is 0 Å². The molecule has 10 heteroatoms. The number of hydrogen-bond donors (Lipinski definition) is 1. The van der Waals surface area contributed by atoms with Gasteiger partial charge in [0, 0.05) is 24.8 Å². The number of nitro benzene ring substituents is 1. The van der Waals surface area contributed by atoms with Crippen molar-refractivity contribution >= 4 is 23.3 Å². The molecular weight excluding hydrogens is 344 g/mol. The minimum Gasteiger partial charge on any atom is -0.550 e. The van der Waals surface area contributed by atoms with Crippen LogP contribution in [0.15, 0.2) is 30.6 Å². The van der Waals surface area contributed by atoms with Crippen LogP contribution in [-0.2, 0) is 16.1 Å². The minimum atomic E-state index is -1.13. The van der Waals surface area contributed by atoms with E-state index in [9.17, 15) is 24.8 Å². The van der Waals surface area contributed by atoms with E-state index in [0.29, 0.717) is 24.2 Å². The second-order valence-electron chi connectivity index (χ2n) is 5.53. The molecular formula is C16H17N4O6-. The van der Waals surface area contributed by atoms with E-state index in [1.807, 2.05) is 0 Å². The van der Waals surface area contributed by atoms with E-state index in [1.54, 1.807) is 19.2 Å². The zero-order valence-corrected chi connectivity index (χ0v) is 14.0. The van der Waals surface area contributed by atoms with Crippen molar-refractivity contribution in [3.05, 3.63) is 46.3 Å². The molecule has 2 rings (SSSR count). The van der Waals surface area contributed by atoms with Gasteiger partial charge in [-0.2, -0.15) is 5.10 Å². The Kier molecular flexibility index (Phi) is 6.25. The first-order chi connectivity index (χ1) is 12.3. The summed E-state index contributed by atoms with van der Waals surface area (Å²) in [5.41, 5.74) is 0.906. The predicted octanol–water partition coefficient (Wildman–Crippen LogP) is 0.647. The molecule has 0 saturated carbocycles. The third kappa shape index (κ3) is 5.58. The number of aryl methyl sites for hydroxylation is 2. The highest BCUT2D eigenvalue weighted by molar-refractivity contribution is 5.91. The lowest BCUT2D eigenvalue weighted by Gasteiger charge is -2.07. The van der Waals surface area contributed by atoms with E-state index in [-0.39, 0.29) is 17.9 Å². The Bertz CT molecular complexity index is 817. The number of rotatable bonds is 9. The molecule has 0 atom stereocenters. The van der Waals surface area contributed by atoms with Crippen LogP contribution in [0, 0.1) is 17.0 Å². The monoisotopic (exact) mass is 361 g/mol. The lowest BCUT2D eigenvalue weighted by Crippen LogP contribution is -2.22. The van der Waals surface area contributed by atoms with Crippen LogP contribution in [0.4, 0.5) is 11.4 Å². The van der Waals surface area contributed by atoms with Crippen molar-refractivity contribution in [1.29, 1.82) is 0 Å². The number of nitro groups is 1.